The summed E-state index contributed by atoms with van der Waals surface area (Å²) in [5.74, 6) is 0.234. The summed E-state index contributed by atoms with van der Waals surface area (Å²) in [6.07, 6.45) is 0.927. The summed E-state index contributed by atoms with van der Waals surface area (Å²) < 4.78 is 0. The quantitative estimate of drug-likeness (QED) is 0.879. The van der Waals surface area contributed by atoms with E-state index in [1.54, 1.807) is 0 Å². The smallest absolute Gasteiger partial charge is 0.246 e. The van der Waals surface area contributed by atoms with Gasteiger partial charge in [0, 0.05) is 18.8 Å². The van der Waals surface area contributed by atoms with Crippen LogP contribution < -0.4 is 5.32 Å². The lowest BCUT2D eigenvalue weighted by Gasteiger charge is -2.27. The van der Waals surface area contributed by atoms with Crippen LogP contribution in [0.1, 0.15) is 29.2 Å². The van der Waals surface area contributed by atoms with Crippen molar-refractivity contribution in [1.82, 2.24) is 4.90 Å². The molecule has 1 amide bonds. The van der Waals surface area contributed by atoms with E-state index < -0.39 is 0 Å². The molecule has 0 spiro atoms. The van der Waals surface area contributed by atoms with Gasteiger partial charge in [-0.05, 0) is 55.5 Å². The molecule has 1 saturated heterocycles. The zero-order valence-electron chi connectivity index (χ0n) is 14.9. The van der Waals surface area contributed by atoms with Gasteiger partial charge in [-0.15, -0.1) is 0 Å². The van der Waals surface area contributed by atoms with E-state index in [-0.39, 0.29) is 24.5 Å². The van der Waals surface area contributed by atoms with Crippen LogP contribution in [0.3, 0.4) is 0 Å². The lowest BCUT2D eigenvalue weighted by Crippen LogP contribution is -2.36. The van der Waals surface area contributed by atoms with Crippen LogP contribution in [-0.4, -0.2) is 35.6 Å². The molecule has 0 bridgehead atoms. The van der Waals surface area contributed by atoms with Crippen molar-refractivity contribution >= 4 is 11.6 Å². The predicted molar refractivity (Wildman–Crippen MR) is 100 cm³/mol. The highest BCUT2D eigenvalue weighted by atomic mass is 16.3. The van der Waals surface area contributed by atoms with Gasteiger partial charge >= 0.3 is 0 Å². The fourth-order valence-electron chi connectivity index (χ4n) is 3.48. The standard InChI is InChI=1S/C21H26N2O2/c1-15-8-9-16(2)19(12-15)22-21(25)20(18-6-4-3-5-7-18)23-11-10-17(13-23)14-24/h3-9,12,17,20,24H,10-11,13-14H2,1-2H3,(H,22,25). The molecular formula is C21H26N2O2. The average molecular weight is 338 g/mol. The molecule has 0 radical (unpaired) electrons. The zero-order valence-corrected chi connectivity index (χ0v) is 14.9. The van der Waals surface area contributed by atoms with E-state index in [0.717, 1.165) is 41.9 Å². The summed E-state index contributed by atoms with van der Waals surface area (Å²) in [7, 11) is 0. The first kappa shape index (κ1) is 17.6. The summed E-state index contributed by atoms with van der Waals surface area (Å²) >= 11 is 0. The number of aryl methyl sites for hydroxylation is 2. The number of likely N-dealkylation sites (tertiary alicyclic amines) is 1. The molecule has 4 nitrogen and oxygen atoms in total. The van der Waals surface area contributed by atoms with Gasteiger partial charge in [0.2, 0.25) is 5.91 Å². The van der Waals surface area contributed by atoms with Crippen LogP contribution in [0.15, 0.2) is 48.5 Å². The Kier molecular flexibility index (Phi) is 5.51. The third kappa shape index (κ3) is 4.09. The van der Waals surface area contributed by atoms with Crippen LogP contribution in [-0.2, 0) is 4.79 Å². The van der Waals surface area contributed by atoms with Gasteiger partial charge in [-0.25, -0.2) is 0 Å². The first-order valence-electron chi connectivity index (χ1n) is 8.86. The molecule has 3 rings (SSSR count). The third-order valence-corrected chi connectivity index (χ3v) is 4.96. The van der Waals surface area contributed by atoms with Gasteiger partial charge in [-0.2, -0.15) is 0 Å². The summed E-state index contributed by atoms with van der Waals surface area (Å²) in [6, 6.07) is 15.6. The summed E-state index contributed by atoms with van der Waals surface area (Å²) in [4.78, 5) is 15.3. The molecule has 1 aliphatic heterocycles. The topological polar surface area (TPSA) is 52.6 Å². The number of nitrogens with one attached hydrogen (secondary N) is 1. The SMILES string of the molecule is Cc1ccc(C)c(NC(=O)C(c2ccccc2)N2CCC(CO)C2)c1. The maximum absolute atomic E-state index is 13.1. The number of rotatable bonds is 5. The Morgan fingerprint density at radius 1 is 1.24 bits per heavy atom. The largest absolute Gasteiger partial charge is 0.396 e. The summed E-state index contributed by atoms with van der Waals surface area (Å²) in [6.45, 7) is 5.78. The van der Waals surface area contributed by atoms with Crippen LogP contribution in [0, 0.1) is 19.8 Å². The second-order valence-electron chi connectivity index (χ2n) is 6.95. The van der Waals surface area contributed by atoms with Gasteiger partial charge in [-0.3, -0.25) is 9.69 Å². The normalized spacial score (nSPS) is 18.9. The van der Waals surface area contributed by atoms with E-state index in [4.69, 9.17) is 0 Å². The molecule has 2 N–H and O–H groups in total. The van der Waals surface area contributed by atoms with Crippen molar-refractivity contribution in [3.05, 3.63) is 65.2 Å². The van der Waals surface area contributed by atoms with E-state index in [2.05, 4.69) is 10.2 Å². The van der Waals surface area contributed by atoms with Gasteiger partial charge < -0.3 is 10.4 Å². The van der Waals surface area contributed by atoms with E-state index in [0.29, 0.717) is 0 Å². The van der Waals surface area contributed by atoms with Crippen LogP contribution in [0.5, 0.6) is 0 Å². The minimum absolute atomic E-state index is 0.0153. The second kappa shape index (κ2) is 7.81. The van der Waals surface area contributed by atoms with Crippen molar-refractivity contribution in [3.8, 4) is 0 Å². The van der Waals surface area contributed by atoms with Crippen molar-refractivity contribution < 1.29 is 9.90 Å². The average Bonchev–Trinajstić information content (AvgIpc) is 3.08. The molecule has 4 heteroatoms. The molecule has 1 heterocycles. The minimum atomic E-state index is -0.335. The second-order valence-corrected chi connectivity index (χ2v) is 6.95. The van der Waals surface area contributed by atoms with Gasteiger partial charge in [-0.1, -0.05) is 42.5 Å². The van der Waals surface area contributed by atoms with E-state index in [9.17, 15) is 9.90 Å². The monoisotopic (exact) mass is 338 g/mol. The molecule has 0 aliphatic carbocycles. The first-order valence-corrected chi connectivity index (χ1v) is 8.86. The number of aliphatic hydroxyl groups is 1. The molecular weight excluding hydrogens is 312 g/mol. The number of anilines is 1. The number of hydrogen-bond acceptors (Lipinski definition) is 3. The Morgan fingerprint density at radius 2 is 2.00 bits per heavy atom. The van der Waals surface area contributed by atoms with Crippen molar-refractivity contribution in [2.24, 2.45) is 5.92 Å². The highest BCUT2D eigenvalue weighted by molar-refractivity contribution is 5.96. The van der Waals surface area contributed by atoms with Gasteiger partial charge in [0.25, 0.3) is 0 Å². The molecule has 2 aromatic rings. The van der Waals surface area contributed by atoms with Crippen LogP contribution in [0.4, 0.5) is 5.69 Å². The Bertz CT molecular complexity index is 730. The van der Waals surface area contributed by atoms with Crippen molar-refractivity contribution in [1.29, 1.82) is 0 Å². The Balaban J connectivity index is 1.86. The number of carbonyl (C=O) groups is 1. The maximum Gasteiger partial charge on any atom is 0.246 e. The fourth-order valence-corrected chi connectivity index (χ4v) is 3.48. The molecule has 0 aromatic heterocycles. The van der Waals surface area contributed by atoms with E-state index >= 15 is 0 Å². The Morgan fingerprint density at radius 3 is 2.68 bits per heavy atom. The number of amides is 1. The van der Waals surface area contributed by atoms with E-state index in [1.807, 2.05) is 62.4 Å². The molecule has 2 unspecified atom stereocenters. The molecule has 132 valence electrons. The Labute approximate surface area is 149 Å². The number of carbonyl (C=O) groups excluding carboxylic acids is 1. The molecule has 0 saturated carbocycles. The van der Waals surface area contributed by atoms with Gasteiger partial charge in [0.15, 0.2) is 0 Å². The summed E-state index contributed by atoms with van der Waals surface area (Å²) in [5, 5.41) is 12.6. The summed E-state index contributed by atoms with van der Waals surface area (Å²) in [5.41, 5.74) is 4.03. The molecule has 2 aromatic carbocycles. The zero-order chi connectivity index (χ0) is 17.8. The highest BCUT2D eigenvalue weighted by Gasteiger charge is 2.33. The van der Waals surface area contributed by atoms with Crippen molar-refractivity contribution in [3.63, 3.8) is 0 Å². The minimum Gasteiger partial charge on any atom is -0.396 e. The van der Waals surface area contributed by atoms with Crippen molar-refractivity contribution in [2.45, 2.75) is 26.3 Å². The third-order valence-electron chi connectivity index (χ3n) is 4.96. The number of hydrogen-bond donors (Lipinski definition) is 2. The first-order chi connectivity index (χ1) is 12.1. The van der Waals surface area contributed by atoms with Gasteiger partial charge in [0.05, 0.1) is 0 Å². The highest BCUT2D eigenvalue weighted by Crippen LogP contribution is 2.29. The van der Waals surface area contributed by atoms with Crippen LogP contribution >= 0.6 is 0 Å². The predicted octanol–water partition coefficient (Wildman–Crippen LogP) is 3.30. The van der Waals surface area contributed by atoms with Crippen molar-refractivity contribution in [2.75, 3.05) is 25.0 Å². The van der Waals surface area contributed by atoms with Gasteiger partial charge in [0.1, 0.15) is 6.04 Å². The fraction of sp³-hybridized carbons (Fsp3) is 0.381. The van der Waals surface area contributed by atoms with Crippen LogP contribution in [0.25, 0.3) is 0 Å². The molecule has 25 heavy (non-hydrogen) atoms. The lowest BCUT2D eigenvalue weighted by molar-refractivity contribution is -0.121. The number of benzene rings is 2. The number of aliphatic hydroxyl groups excluding tert-OH is 1. The van der Waals surface area contributed by atoms with E-state index in [1.165, 1.54) is 0 Å². The van der Waals surface area contributed by atoms with Crippen LogP contribution in [0.2, 0.25) is 0 Å². The molecule has 2 atom stereocenters. The Hall–Kier alpha value is -2.17. The maximum atomic E-state index is 13.1. The molecule has 1 fully saturated rings. The number of nitrogens with zero attached hydrogens (tertiary/aromatic N) is 1. The molecule has 1 aliphatic rings. The lowest BCUT2D eigenvalue weighted by atomic mass is 10.0.